The molecule has 4 rings (SSSR count). The minimum absolute atomic E-state index is 0.0739. The first-order valence-electron chi connectivity index (χ1n) is 10.6. The van der Waals surface area contributed by atoms with Gasteiger partial charge < -0.3 is 5.32 Å². The number of likely N-dealkylation sites (tertiary alicyclic amines) is 1. The van der Waals surface area contributed by atoms with Crippen LogP contribution in [-0.4, -0.2) is 46.5 Å². The maximum atomic E-state index is 12.7. The molecule has 5 nitrogen and oxygen atoms in total. The first kappa shape index (κ1) is 22.7. The Kier molecular flexibility index (Phi) is 6.76. The lowest BCUT2D eigenvalue weighted by Crippen LogP contribution is -2.35. The van der Waals surface area contributed by atoms with Crippen molar-refractivity contribution in [3.05, 3.63) is 52.7 Å². The molecule has 0 unspecified atom stereocenters. The molecule has 0 radical (unpaired) electrons. The van der Waals surface area contributed by atoms with Gasteiger partial charge in [-0.15, -0.1) is 11.3 Å². The lowest BCUT2D eigenvalue weighted by Gasteiger charge is -2.32. The first-order valence-corrected chi connectivity index (χ1v) is 11.4. The van der Waals surface area contributed by atoms with Gasteiger partial charge in [0.05, 0.1) is 11.8 Å². The van der Waals surface area contributed by atoms with Gasteiger partial charge in [0.25, 0.3) is 0 Å². The minimum atomic E-state index is -4.23. The van der Waals surface area contributed by atoms with Gasteiger partial charge in [-0.1, -0.05) is 24.3 Å². The van der Waals surface area contributed by atoms with Crippen LogP contribution >= 0.6 is 11.3 Å². The van der Waals surface area contributed by atoms with Gasteiger partial charge >= 0.3 is 6.18 Å². The van der Waals surface area contributed by atoms with Gasteiger partial charge in [-0.05, 0) is 50.4 Å². The normalized spacial score (nSPS) is 15.9. The Morgan fingerprint density at radius 1 is 1.19 bits per heavy atom. The highest BCUT2D eigenvalue weighted by molar-refractivity contribution is 7.18. The number of nitrogens with one attached hydrogen (secondary N) is 1. The van der Waals surface area contributed by atoms with Crippen molar-refractivity contribution in [2.24, 2.45) is 5.92 Å². The van der Waals surface area contributed by atoms with Gasteiger partial charge in [-0.25, -0.2) is 9.97 Å². The molecule has 9 heteroatoms. The lowest BCUT2D eigenvalue weighted by molar-refractivity contribution is -0.126. The number of ketones is 1. The highest BCUT2D eigenvalue weighted by Gasteiger charge is 2.29. The molecular formula is C23H25F3N4OS. The zero-order valence-electron chi connectivity index (χ0n) is 17.8. The Hall–Kier alpha value is -2.52. The summed E-state index contributed by atoms with van der Waals surface area (Å²) in [6.45, 7) is 5.13. The summed E-state index contributed by atoms with van der Waals surface area (Å²) in [5, 5.41) is 3.99. The van der Waals surface area contributed by atoms with Gasteiger partial charge in [-0.2, -0.15) is 13.2 Å². The van der Waals surface area contributed by atoms with Crippen LogP contribution in [0.5, 0.6) is 0 Å². The van der Waals surface area contributed by atoms with E-state index in [2.05, 4.69) is 20.2 Å². The number of thiophene rings is 1. The van der Waals surface area contributed by atoms with Crippen LogP contribution < -0.4 is 5.32 Å². The van der Waals surface area contributed by atoms with Gasteiger partial charge in [0.15, 0.2) is 5.78 Å². The number of hydrogen-bond donors (Lipinski definition) is 1. The van der Waals surface area contributed by atoms with E-state index in [1.54, 1.807) is 13.0 Å². The Morgan fingerprint density at radius 2 is 1.91 bits per heavy atom. The van der Waals surface area contributed by atoms with Crippen LogP contribution in [0.4, 0.5) is 19.0 Å². The molecule has 0 aliphatic carbocycles. The van der Waals surface area contributed by atoms with E-state index in [4.69, 9.17) is 0 Å². The summed E-state index contributed by atoms with van der Waals surface area (Å²) in [4.78, 5) is 23.0. The Balaban J connectivity index is 1.29. The molecule has 32 heavy (non-hydrogen) atoms. The summed E-state index contributed by atoms with van der Waals surface area (Å²) in [6, 6.07) is 9.33. The van der Waals surface area contributed by atoms with E-state index >= 15 is 0 Å². The van der Waals surface area contributed by atoms with Crippen molar-refractivity contribution in [3.8, 4) is 0 Å². The van der Waals surface area contributed by atoms with Crippen LogP contribution in [0.1, 0.15) is 40.6 Å². The van der Waals surface area contributed by atoms with Crippen LogP contribution in [0.2, 0.25) is 0 Å². The molecule has 3 heterocycles. The molecule has 1 aliphatic heterocycles. The third-order valence-electron chi connectivity index (χ3n) is 5.79. The number of carbonyl (C=O) groups excluding carboxylic acids is 1. The van der Waals surface area contributed by atoms with Crippen molar-refractivity contribution in [1.29, 1.82) is 0 Å². The summed E-state index contributed by atoms with van der Waals surface area (Å²) in [7, 11) is 0. The van der Waals surface area contributed by atoms with E-state index in [9.17, 15) is 18.0 Å². The van der Waals surface area contributed by atoms with Gasteiger partial charge in [0, 0.05) is 23.5 Å². The van der Waals surface area contributed by atoms with Crippen LogP contribution in [0.3, 0.4) is 0 Å². The standard InChI is InChI=1S/C23H25F3N4OS/c1-15(31)18-4-2-17(3-5-18)13-30-8-6-16(7-9-30)12-27-21-20-10-19(11-23(24,25)26)32-22(20)29-14-28-21/h2-5,10,14,16H,6-9,11-13H2,1H3,(H,27,28,29). The number of hydrogen-bond acceptors (Lipinski definition) is 6. The number of alkyl halides is 3. The maximum absolute atomic E-state index is 12.7. The summed E-state index contributed by atoms with van der Waals surface area (Å²) >= 11 is 1.07. The topological polar surface area (TPSA) is 58.1 Å². The predicted octanol–water partition coefficient (Wildman–Crippen LogP) is 5.32. The largest absolute Gasteiger partial charge is 0.393 e. The fourth-order valence-electron chi connectivity index (χ4n) is 4.02. The van der Waals surface area contributed by atoms with Crippen LogP contribution in [0, 0.1) is 5.92 Å². The number of piperidine rings is 1. The van der Waals surface area contributed by atoms with Crippen LogP contribution in [-0.2, 0) is 13.0 Å². The molecule has 0 saturated carbocycles. The molecule has 2 aromatic heterocycles. The summed E-state index contributed by atoms with van der Waals surface area (Å²) in [5.41, 5.74) is 1.93. The number of nitrogens with zero attached hydrogens (tertiary/aromatic N) is 3. The van der Waals surface area contributed by atoms with Crippen molar-refractivity contribution in [1.82, 2.24) is 14.9 Å². The van der Waals surface area contributed by atoms with E-state index in [1.165, 1.54) is 11.9 Å². The molecule has 1 fully saturated rings. The number of aromatic nitrogens is 2. The highest BCUT2D eigenvalue weighted by Crippen LogP contribution is 2.32. The average Bonchev–Trinajstić information content (AvgIpc) is 3.15. The van der Waals surface area contributed by atoms with E-state index in [-0.39, 0.29) is 10.7 Å². The van der Waals surface area contributed by atoms with Gasteiger partial charge in [-0.3, -0.25) is 9.69 Å². The number of benzene rings is 1. The predicted molar refractivity (Wildman–Crippen MR) is 120 cm³/mol. The number of carbonyl (C=O) groups is 1. The molecule has 170 valence electrons. The molecule has 1 aromatic carbocycles. The number of Topliss-reactive ketones (excluding diaryl/α,β-unsaturated/α-hetero) is 1. The summed E-state index contributed by atoms with van der Waals surface area (Å²) in [5.74, 6) is 1.15. The van der Waals surface area contributed by atoms with E-state index < -0.39 is 12.6 Å². The number of anilines is 1. The van der Waals surface area contributed by atoms with Crippen LogP contribution in [0.15, 0.2) is 36.7 Å². The Bertz CT molecular complexity index is 1070. The molecule has 0 amide bonds. The zero-order chi connectivity index (χ0) is 22.7. The third kappa shape index (κ3) is 5.83. The zero-order valence-corrected chi connectivity index (χ0v) is 18.6. The minimum Gasteiger partial charge on any atom is -0.369 e. The quantitative estimate of drug-likeness (QED) is 0.482. The molecule has 0 spiro atoms. The first-order chi connectivity index (χ1) is 15.3. The average molecular weight is 463 g/mol. The number of rotatable bonds is 7. The molecule has 1 aliphatic rings. The van der Waals surface area contributed by atoms with Crippen molar-refractivity contribution in [3.63, 3.8) is 0 Å². The number of halogens is 3. The SMILES string of the molecule is CC(=O)c1ccc(CN2CCC(CNc3ncnc4sc(CC(F)(F)F)cc34)CC2)cc1. The second kappa shape index (κ2) is 9.54. The highest BCUT2D eigenvalue weighted by atomic mass is 32.1. The van der Waals surface area contributed by atoms with E-state index in [0.717, 1.165) is 55.9 Å². The molecule has 0 atom stereocenters. The smallest absolute Gasteiger partial charge is 0.369 e. The van der Waals surface area contributed by atoms with Crippen LogP contribution in [0.25, 0.3) is 10.2 Å². The third-order valence-corrected chi connectivity index (χ3v) is 6.83. The van der Waals surface area contributed by atoms with Crippen molar-refractivity contribution in [2.75, 3.05) is 25.0 Å². The Labute approximate surface area is 188 Å². The second-order valence-electron chi connectivity index (χ2n) is 8.30. The van der Waals surface area contributed by atoms with Crippen molar-refractivity contribution in [2.45, 2.75) is 38.9 Å². The molecule has 1 saturated heterocycles. The Morgan fingerprint density at radius 3 is 2.56 bits per heavy atom. The van der Waals surface area contributed by atoms with Crippen molar-refractivity contribution < 1.29 is 18.0 Å². The molecular weight excluding hydrogens is 437 g/mol. The summed E-state index contributed by atoms with van der Waals surface area (Å²) < 4.78 is 38.2. The monoisotopic (exact) mass is 462 g/mol. The molecule has 1 N–H and O–H groups in total. The molecule has 3 aromatic rings. The van der Waals surface area contributed by atoms with Gasteiger partial charge in [0.2, 0.25) is 0 Å². The fourth-order valence-corrected chi connectivity index (χ4v) is 5.05. The number of fused-ring (bicyclic) bond motifs is 1. The molecule has 0 bridgehead atoms. The fraction of sp³-hybridized carbons (Fsp3) is 0.435. The van der Waals surface area contributed by atoms with Crippen molar-refractivity contribution >= 4 is 33.2 Å². The van der Waals surface area contributed by atoms with Gasteiger partial charge in [0.1, 0.15) is 17.0 Å². The van der Waals surface area contributed by atoms with E-state index in [1.807, 2.05) is 24.3 Å². The second-order valence-corrected chi connectivity index (χ2v) is 9.41. The summed E-state index contributed by atoms with van der Waals surface area (Å²) in [6.07, 6.45) is -1.70. The maximum Gasteiger partial charge on any atom is 0.393 e. The van der Waals surface area contributed by atoms with E-state index in [0.29, 0.717) is 22.0 Å². The lowest BCUT2D eigenvalue weighted by atomic mass is 9.96.